The third-order valence-electron chi connectivity index (χ3n) is 2.90. The van der Waals surface area contributed by atoms with Gasteiger partial charge in [0.15, 0.2) is 0 Å². The maximum absolute atomic E-state index is 6.19. The minimum atomic E-state index is 0.400. The van der Waals surface area contributed by atoms with Gasteiger partial charge in [0.25, 0.3) is 0 Å². The zero-order valence-corrected chi connectivity index (χ0v) is 10.1. The lowest BCUT2D eigenvalue weighted by Crippen LogP contribution is -2.20. The highest BCUT2D eigenvalue weighted by atomic mass is 35.5. The van der Waals surface area contributed by atoms with Gasteiger partial charge in [-0.05, 0) is 37.1 Å². The van der Waals surface area contributed by atoms with Gasteiger partial charge in [-0.15, -0.1) is 0 Å². The molecular formula is C12H15Cl2N. The molecule has 0 saturated carbocycles. The van der Waals surface area contributed by atoms with Crippen LogP contribution in [0.1, 0.15) is 37.3 Å². The normalized spacial score (nSPS) is 22.4. The smallest absolute Gasteiger partial charge is 0.0468 e. The van der Waals surface area contributed by atoms with Crippen LogP contribution >= 0.6 is 23.2 Å². The van der Waals surface area contributed by atoms with Crippen molar-refractivity contribution in [2.24, 2.45) is 0 Å². The number of nitrogens with one attached hydrogen (secondary N) is 1. The molecule has 1 atom stereocenters. The van der Waals surface area contributed by atoms with Gasteiger partial charge in [-0.3, -0.25) is 0 Å². The maximum atomic E-state index is 6.19. The molecular weight excluding hydrogens is 229 g/mol. The Hall–Kier alpha value is -0.240. The van der Waals surface area contributed by atoms with E-state index in [-0.39, 0.29) is 0 Å². The zero-order chi connectivity index (χ0) is 10.7. The molecule has 1 aliphatic rings. The van der Waals surface area contributed by atoms with Crippen LogP contribution in [0.4, 0.5) is 0 Å². The summed E-state index contributed by atoms with van der Waals surface area (Å²) in [5, 5.41) is 5.02. The monoisotopic (exact) mass is 243 g/mol. The largest absolute Gasteiger partial charge is 0.310 e. The first-order valence-corrected chi connectivity index (χ1v) is 6.21. The lowest BCUT2D eigenvalue weighted by atomic mass is 10.0. The molecule has 0 spiro atoms. The van der Waals surface area contributed by atoms with Crippen molar-refractivity contribution >= 4 is 23.2 Å². The molecule has 1 fully saturated rings. The molecule has 1 aromatic rings. The molecule has 15 heavy (non-hydrogen) atoms. The Morgan fingerprint density at radius 3 is 2.80 bits per heavy atom. The second kappa shape index (κ2) is 5.20. The van der Waals surface area contributed by atoms with E-state index in [2.05, 4.69) is 5.32 Å². The number of halogens is 2. The quantitative estimate of drug-likeness (QED) is 0.780. The van der Waals surface area contributed by atoms with Gasteiger partial charge in [-0.1, -0.05) is 42.1 Å². The molecule has 1 heterocycles. The molecule has 2 rings (SSSR count). The van der Waals surface area contributed by atoms with Crippen LogP contribution in [0, 0.1) is 0 Å². The molecule has 82 valence electrons. The average molecular weight is 244 g/mol. The molecule has 0 unspecified atom stereocenters. The number of hydrogen-bond donors (Lipinski definition) is 1. The fraction of sp³-hybridized carbons (Fsp3) is 0.500. The highest BCUT2D eigenvalue weighted by molar-refractivity contribution is 6.35. The third kappa shape index (κ3) is 2.87. The summed E-state index contributed by atoms with van der Waals surface area (Å²) < 4.78 is 0. The number of rotatable bonds is 1. The zero-order valence-electron chi connectivity index (χ0n) is 8.60. The van der Waals surface area contributed by atoms with Crippen molar-refractivity contribution in [3.8, 4) is 0 Å². The van der Waals surface area contributed by atoms with Gasteiger partial charge in [-0.2, -0.15) is 0 Å². The van der Waals surface area contributed by atoms with Crippen LogP contribution in [0.5, 0.6) is 0 Å². The lowest BCUT2D eigenvalue weighted by molar-refractivity contribution is 0.535. The van der Waals surface area contributed by atoms with Crippen LogP contribution in [-0.2, 0) is 0 Å². The molecule has 0 bridgehead atoms. The van der Waals surface area contributed by atoms with Crippen LogP contribution in [0.25, 0.3) is 0 Å². The van der Waals surface area contributed by atoms with Crippen LogP contribution < -0.4 is 5.32 Å². The molecule has 1 nitrogen and oxygen atoms in total. The van der Waals surface area contributed by atoms with E-state index in [4.69, 9.17) is 23.2 Å². The second-order valence-electron chi connectivity index (χ2n) is 4.02. The van der Waals surface area contributed by atoms with Crippen LogP contribution in [0.15, 0.2) is 18.2 Å². The fourth-order valence-electron chi connectivity index (χ4n) is 2.08. The Morgan fingerprint density at radius 1 is 1.13 bits per heavy atom. The SMILES string of the molecule is Clc1ccc([C@H]2CCCCCN2)c(Cl)c1. The van der Waals surface area contributed by atoms with Crippen LogP contribution in [0.3, 0.4) is 0 Å². The minimum Gasteiger partial charge on any atom is -0.310 e. The first kappa shape index (κ1) is 11.3. The topological polar surface area (TPSA) is 12.0 Å². The van der Waals surface area contributed by atoms with Crippen molar-refractivity contribution in [1.82, 2.24) is 5.32 Å². The molecule has 1 saturated heterocycles. The molecule has 0 radical (unpaired) electrons. The van der Waals surface area contributed by atoms with E-state index >= 15 is 0 Å². The highest BCUT2D eigenvalue weighted by Gasteiger charge is 2.16. The fourth-order valence-corrected chi connectivity index (χ4v) is 2.62. The molecule has 0 aromatic heterocycles. The van der Waals surface area contributed by atoms with Crippen molar-refractivity contribution in [3.63, 3.8) is 0 Å². The van der Waals surface area contributed by atoms with Crippen molar-refractivity contribution in [1.29, 1.82) is 0 Å². The minimum absolute atomic E-state index is 0.400. The predicted molar refractivity (Wildman–Crippen MR) is 65.7 cm³/mol. The summed E-state index contributed by atoms with van der Waals surface area (Å²) in [5.74, 6) is 0. The first-order chi connectivity index (χ1) is 7.27. The van der Waals surface area contributed by atoms with Crippen LogP contribution in [-0.4, -0.2) is 6.54 Å². The van der Waals surface area contributed by atoms with Crippen molar-refractivity contribution in [2.75, 3.05) is 6.54 Å². The van der Waals surface area contributed by atoms with Gasteiger partial charge in [-0.25, -0.2) is 0 Å². The molecule has 1 aliphatic heterocycles. The van der Waals surface area contributed by atoms with E-state index in [0.717, 1.165) is 11.6 Å². The summed E-state index contributed by atoms with van der Waals surface area (Å²) in [7, 11) is 0. The van der Waals surface area contributed by atoms with E-state index in [1.807, 2.05) is 18.2 Å². The van der Waals surface area contributed by atoms with E-state index < -0.39 is 0 Å². The Labute approximate surface area is 101 Å². The predicted octanol–water partition coefficient (Wildman–Crippen LogP) is 4.20. The van der Waals surface area contributed by atoms with Gasteiger partial charge in [0.05, 0.1) is 0 Å². The first-order valence-electron chi connectivity index (χ1n) is 5.46. The number of hydrogen-bond acceptors (Lipinski definition) is 1. The van der Waals surface area contributed by atoms with E-state index in [9.17, 15) is 0 Å². The molecule has 1 N–H and O–H groups in total. The lowest BCUT2D eigenvalue weighted by Gasteiger charge is -2.17. The number of benzene rings is 1. The molecule has 3 heteroatoms. The van der Waals surface area contributed by atoms with Gasteiger partial charge in [0.2, 0.25) is 0 Å². The van der Waals surface area contributed by atoms with Crippen molar-refractivity contribution in [2.45, 2.75) is 31.7 Å². The second-order valence-corrected chi connectivity index (χ2v) is 4.87. The van der Waals surface area contributed by atoms with Crippen LogP contribution in [0.2, 0.25) is 10.0 Å². The maximum Gasteiger partial charge on any atom is 0.0468 e. The summed E-state index contributed by atoms with van der Waals surface area (Å²) in [6, 6.07) is 6.17. The Bertz CT molecular complexity index is 330. The third-order valence-corrected chi connectivity index (χ3v) is 3.46. The van der Waals surface area contributed by atoms with Gasteiger partial charge in [0.1, 0.15) is 0 Å². The van der Waals surface area contributed by atoms with E-state index in [1.54, 1.807) is 0 Å². The molecule has 1 aromatic carbocycles. The van der Waals surface area contributed by atoms with Crippen molar-refractivity contribution < 1.29 is 0 Å². The van der Waals surface area contributed by atoms with Crippen molar-refractivity contribution in [3.05, 3.63) is 33.8 Å². The van der Waals surface area contributed by atoms with Gasteiger partial charge >= 0.3 is 0 Å². The average Bonchev–Trinajstić information content (AvgIpc) is 2.46. The highest BCUT2D eigenvalue weighted by Crippen LogP contribution is 2.30. The summed E-state index contributed by atoms with van der Waals surface area (Å²) in [4.78, 5) is 0. The Morgan fingerprint density at radius 2 is 2.00 bits per heavy atom. The van der Waals surface area contributed by atoms with E-state index in [0.29, 0.717) is 11.1 Å². The Balaban J connectivity index is 2.19. The van der Waals surface area contributed by atoms with Gasteiger partial charge < -0.3 is 5.32 Å². The molecule has 0 amide bonds. The summed E-state index contributed by atoms with van der Waals surface area (Å²) in [5.41, 5.74) is 1.18. The summed E-state index contributed by atoms with van der Waals surface area (Å²) >= 11 is 12.1. The van der Waals surface area contributed by atoms with E-state index in [1.165, 1.54) is 31.2 Å². The summed E-state index contributed by atoms with van der Waals surface area (Å²) in [6.07, 6.45) is 5.02. The Kier molecular flexibility index (Phi) is 3.90. The summed E-state index contributed by atoms with van der Waals surface area (Å²) in [6.45, 7) is 1.09. The molecule has 0 aliphatic carbocycles. The van der Waals surface area contributed by atoms with Gasteiger partial charge in [0, 0.05) is 16.1 Å². The standard InChI is InChI=1S/C12H15Cl2N/c13-9-5-6-10(11(14)8-9)12-4-2-1-3-7-15-12/h5-6,8,12,15H,1-4,7H2/t12-/m1/s1.